The van der Waals surface area contributed by atoms with Crippen molar-refractivity contribution in [3.05, 3.63) is 58.1 Å². The second-order valence-corrected chi connectivity index (χ2v) is 11.5. The lowest BCUT2D eigenvalue weighted by molar-refractivity contribution is -0.140. The monoisotopic (exact) mass is 557 g/mol. The summed E-state index contributed by atoms with van der Waals surface area (Å²) in [5, 5.41) is 3.55. The van der Waals surface area contributed by atoms with Crippen LogP contribution in [-0.4, -0.2) is 57.6 Å². The number of carbonyl (C=O) groups excluding carboxylic acids is 2. The van der Waals surface area contributed by atoms with Crippen LogP contribution in [0.25, 0.3) is 0 Å². The number of halogens is 2. The van der Waals surface area contributed by atoms with Crippen LogP contribution < -0.4 is 14.4 Å². The molecule has 0 aliphatic carbocycles. The molecule has 1 N–H and O–H groups in total. The van der Waals surface area contributed by atoms with Crippen LogP contribution in [0.15, 0.2) is 42.5 Å². The third-order valence-corrected chi connectivity index (χ3v) is 7.31. The second kappa shape index (κ2) is 13.2. The molecular formula is C25H33Cl2N3O5S. The Balaban J connectivity index is 2.48. The molecule has 0 spiro atoms. The van der Waals surface area contributed by atoms with Crippen LogP contribution in [-0.2, 0) is 26.2 Å². The Bertz CT molecular complexity index is 1170. The van der Waals surface area contributed by atoms with E-state index < -0.39 is 28.5 Å². The summed E-state index contributed by atoms with van der Waals surface area (Å²) in [6.45, 7) is 5.69. The lowest BCUT2D eigenvalue weighted by Gasteiger charge is -2.33. The van der Waals surface area contributed by atoms with Gasteiger partial charge in [0.1, 0.15) is 18.3 Å². The van der Waals surface area contributed by atoms with Crippen molar-refractivity contribution in [1.82, 2.24) is 10.2 Å². The van der Waals surface area contributed by atoms with Gasteiger partial charge in [0.15, 0.2) is 0 Å². The van der Waals surface area contributed by atoms with Gasteiger partial charge in [-0.2, -0.15) is 0 Å². The number of carbonyl (C=O) groups is 2. The molecule has 0 saturated carbocycles. The number of hydrogen-bond donors (Lipinski definition) is 1. The van der Waals surface area contributed by atoms with Crippen LogP contribution in [0.3, 0.4) is 0 Å². The van der Waals surface area contributed by atoms with Crippen LogP contribution in [0.1, 0.15) is 32.8 Å². The van der Waals surface area contributed by atoms with E-state index in [-0.39, 0.29) is 24.1 Å². The molecule has 2 aromatic rings. The normalized spacial score (nSPS) is 12.2. The molecule has 0 aromatic heterocycles. The maximum Gasteiger partial charge on any atom is 0.244 e. The van der Waals surface area contributed by atoms with E-state index in [1.807, 2.05) is 13.8 Å². The molecule has 1 atom stereocenters. The minimum atomic E-state index is -3.87. The van der Waals surface area contributed by atoms with Crippen LogP contribution >= 0.6 is 23.2 Å². The number of anilines is 1. The third-order valence-electron chi connectivity index (χ3n) is 5.44. The predicted octanol–water partition coefficient (Wildman–Crippen LogP) is 4.35. The lowest BCUT2D eigenvalue weighted by atomic mass is 10.1. The van der Waals surface area contributed by atoms with Crippen LogP contribution in [0, 0.1) is 5.92 Å². The van der Waals surface area contributed by atoms with Crippen molar-refractivity contribution in [2.75, 3.05) is 30.8 Å². The molecule has 0 radical (unpaired) electrons. The summed E-state index contributed by atoms with van der Waals surface area (Å²) < 4.78 is 31.8. The van der Waals surface area contributed by atoms with E-state index in [0.717, 1.165) is 10.6 Å². The van der Waals surface area contributed by atoms with Gasteiger partial charge in [0.05, 0.1) is 29.1 Å². The van der Waals surface area contributed by atoms with Crippen molar-refractivity contribution < 1.29 is 22.7 Å². The standard InChI is InChI=1S/C25H33Cl2N3O5S/c1-6-21(25(32)28-14-17(2)3)29(15-18-11-12-19(26)20(27)13-18)24(31)16-30(36(5,33)34)22-9-7-8-10-23(22)35-4/h7-13,17,21H,6,14-16H2,1-5H3,(H,28,32)/t21-/m0/s1. The fourth-order valence-electron chi connectivity index (χ4n) is 3.61. The quantitative estimate of drug-likeness (QED) is 0.418. The summed E-state index contributed by atoms with van der Waals surface area (Å²) >= 11 is 12.2. The Morgan fingerprint density at radius 2 is 1.75 bits per heavy atom. The smallest absolute Gasteiger partial charge is 0.244 e. The highest BCUT2D eigenvalue weighted by molar-refractivity contribution is 7.92. The van der Waals surface area contributed by atoms with Crippen LogP contribution in [0.4, 0.5) is 5.69 Å². The van der Waals surface area contributed by atoms with Crippen LogP contribution in [0.5, 0.6) is 5.75 Å². The van der Waals surface area contributed by atoms with Gasteiger partial charge in [-0.05, 0) is 42.2 Å². The van der Waals surface area contributed by atoms with Crippen molar-refractivity contribution in [3.63, 3.8) is 0 Å². The number of ether oxygens (including phenoxy) is 1. The highest BCUT2D eigenvalue weighted by Gasteiger charge is 2.32. The highest BCUT2D eigenvalue weighted by atomic mass is 35.5. The first-order valence-corrected chi connectivity index (χ1v) is 14.1. The van der Waals surface area contributed by atoms with Crippen molar-refractivity contribution in [2.24, 2.45) is 5.92 Å². The molecule has 0 aliphatic heterocycles. The fourth-order valence-corrected chi connectivity index (χ4v) is 4.78. The first kappa shape index (κ1) is 29.7. The average molecular weight is 559 g/mol. The zero-order valence-corrected chi connectivity index (χ0v) is 23.5. The van der Waals surface area contributed by atoms with Gasteiger partial charge in [-0.25, -0.2) is 8.42 Å². The van der Waals surface area contributed by atoms with Gasteiger partial charge in [0.2, 0.25) is 21.8 Å². The Hall–Kier alpha value is -2.49. The fraction of sp³-hybridized carbons (Fsp3) is 0.440. The average Bonchev–Trinajstić information content (AvgIpc) is 2.82. The number of rotatable bonds is 12. The molecule has 2 aromatic carbocycles. The lowest BCUT2D eigenvalue weighted by Crippen LogP contribution is -2.52. The number of hydrogen-bond acceptors (Lipinski definition) is 5. The number of benzene rings is 2. The molecule has 0 heterocycles. The summed E-state index contributed by atoms with van der Waals surface area (Å²) in [6.07, 6.45) is 1.34. The second-order valence-electron chi connectivity index (χ2n) is 8.77. The maximum absolute atomic E-state index is 13.7. The summed E-state index contributed by atoms with van der Waals surface area (Å²) in [5.74, 6) is -0.350. The van der Waals surface area contributed by atoms with E-state index in [1.165, 1.54) is 12.0 Å². The van der Waals surface area contributed by atoms with Gasteiger partial charge in [0.25, 0.3) is 0 Å². The number of sulfonamides is 1. The molecule has 2 amide bonds. The summed E-state index contributed by atoms with van der Waals surface area (Å²) in [5.41, 5.74) is 0.874. The predicted molar refractivity (Wildman–Crippen MR) is 144 cm³/mol. The Labute approximate surface area is 223 Å². The Morgan fingerprint density at radius 1 is 1.08 bits per heavy atom. The first-order chi connectivity index (χ1) is 16.9. The van der Waals surface area contributed by atoms with Crippen LogP contribution in [0.2, 0.25) is 10.0 Å². The van der Waals surface area contributed by atoms with E-state index in [2.05, 4.69) is 5.32 Å². The molecule has 0 unspecified atom stereocenters. The third kappa shape index (κ3) is 8.01. The van der Waals surface area contributed by atoms with E-state index in [0.29, 0.717) is 34.3 Å². The minimum absolute atomic E-state index is 0.0346. The van der Waals surface area contributed by atoms with Crippen molar-refractivity contribution in [2.45, 2.75) is 39.8 Å². The first-order valence-electron chi connectivity index (χ1n) is 11.5. The molecule has 11 heteroatoms. The molecule has 0 aliphatic rings. The van der Waals surface area contributed by atoms with Gasteiger partial charge < -0.3 is 15.0 Å². The van der Waals surface area contributed by atoms with Crippen molar-refractivity contribution >= 4 is 50.7 Å². The Kier molecular flexibility index (Phi) is 10.9. The highest BCUT2D eigenvalue weighted by Crippen LogP contribution is 2.30. The zero-order valence-electron chi connectivity index (χ0n) is 21.1. The van der Waals surface area contributed by atoms with E-state index in [1.54, 1.807) is 49.4 Å². The molecule has 0 fully saturated rings. The minimum Gasteiger partial charge on any atom is -0.495 e. The maximum atomic E-state index is 13.7. The summed E-state index contributed by atoms with van der Waals surface area (Å²) in [7, 11) is -2.45. The Morgan fingerprint density at radius 3 is 2.31 bits per heavy atom. The molecule has 0 bridgehead atoms. The molecule has 2 rings (SSSR count). The number of nitrogens with one attached hydrogen (secondary N) is 1. The summed E-state index contributed by atoms with van der Waals surface area (Å²) in [4.78, 5) is 28.2. The van der Waals surface area contributed by atoms with Gasteiger partial charge >= 0.3 is 0 Å². The van der Waals surface area contributed by atoms with Gasteiger partial charge in [-0.1, -0.05) is 62.2 Å². The molecular weight excluding hydrogens is 525 g/mol. The topological polar surface area (TPSA) is 96.0 Å². The van der Waals surface area contributed by atoms with E-state index in [4.69, 9.17) is 27.9 Å². The molecule has 8 nitrogen and oxygen atoms in total. The van der Waals surface area contributed by atoms with Gasteiger partial charge in [0, 0.05) is 13.1 Å². The largest absolute Gasteiger partial charge is 0.495 e. The molecule has 36 heavy (non-hydrogen) atoms. The SMILES string of the molecule is CC[C@@H](C(=O)NCC(C)C)N(Cc1ccc(Cl)c(Cl)c1)C(=O)CN(c1ccccc1OC)S(C)(=O)=O. The molecule has 0 saturated heterocycles. The van der Waals surface area contributed by atoms with Crippen molar-refractivity contribution in [3.8, 4) is 5.75 Å². The number of methoxy groups -OCH3 is 1. The number of amides is 2. The molecule has 198 valence electrons. The zero-order chi connectivity index (χ0) is 27.0. The number of nitrogens with zero attached hydrogens (tertiary/aromatic N) is 2. The number of para-hydroxylation sites is 2. The van der Waals surface area contributed by atoms with Crippen molar-refractivity contribution in [1.29, 1.82) is 0 Å². The van der Waals surface area contributed by atoms with Gasteiger partial charge in [-0.3, -0.25) is 13.9 Å². The summed E-state index contributed by atoms with van der Waals surface area (Å²) in [6, 6.07) is 10.6. The van der Waals surface area contributed by atoms with E-state index >= 15 is 0 Å². The van der Waals surface area contributed by atoms with Gasteiger partial charge in [-0.15, -0.1) is 0 Å². The van der Waals surface area contributed by atoms with E-state index in [9.17, 15) is 18.0 Å².